The minimum Gasteiger partial charge on any atom is -1.00 e. The van der Waals surface area contributed by atoms with Crippen molar-refractivity contribution in [3.8, 4) is 5.69 Å². The third-order valence-corrected chi connectivity index (χ3v) is 4.74. The fraction of sp³-hybridized carbons (Fsp3) is 0.227. The molecule has 0 aliphatic heterocycles. The second-order valence-electron chi connectivity index (χ2n) is 7.71. The molecule has 0 saturated carbocycles. The Morgan fingerprint density at radius 1 is 0.885 bits per heavy atom. The van der Waals surface area contributed by atoms with Gasteiger partial charge >= 0.3 is 0 Å². The number of nitrogens with zero attached hydrogens (tertiary/aromatic N) is 3. The molecule has 26 heavy (non-hydrogen) atoms. The SMILES string of the molecule is Cc1c(C[N+](C)(C)C)c2ccccc2n1-c1ccnc2ccccc12.[I-]. The van der Waals surface area contributed by atoms with Gasteiger partial charge in [-0.3, -0.25) is 4.98 Å². The van der Waals surface area contributed by atoms with Gasteiger partial charge in [0.1, 0.15) is 6.54 Å². The van der Waals surface area contributed by atoms with Gasteiger partial charge in [-0.1, -0.05) is 36.4 Å². The molecule has 4 rings (SSSR count). The van der Waals surface area contributed by atoms with Crippen LogP contribution < -0.4 is 24.0 Å². The molecule has 4 heteroatoms. The molecule has 2 aromatic heterocycles. The number of halogens is 1. The first-order chi connectivity index (χ1) is 12.0. The molecule has 3 nitrogen and oxygen atoms in total. The van der Waals surface area contributed by atoms with Crippen molar-refractivity contribution in [3.05, 3.63) is 72.1 Å². The highest BCUT2D eigenvalue weighted by Crippen LogP contribution is 2.32. The summed E-state index contributed by atoms with van der Waals surface area (Å²) in [5.41, 5.74) is 6.23. The van der Waals surface area contributed by atoms with Gasteiger partial charge in [0.05, 0.1) is 37.9 Å². The van der Waals surface area contributed by atoms with E-state index >= 15 is 0 Å². The highest BCUT2D eigenvalue weighted by Gasteiger charge is 2.20. The molecule has 0 amide bonds. The van der Waals surface area contributed by atoms with E-state index in [0.29, 0.717) is 0 Å². The van der Waals surface area contributed by atoms with Crippen molar-refractivity contribution in [1.29, 1.82) is 0 Å². The lowest BCUT2D eigenvalue weighted by molar-refractivity contribution is -0.883. The second-order valence-corrected chi connectivity index (χ2v) is 7.71. The molecule has 134 valence electrons. The Balaban J connectivity index is 0.00000196. The molecule has 0 unspecified atom stereocenters. The molecule has 2 aromatic carbocycles. The third-order valence-electron chi connectivity index (χ3n) is 4.74. The molecule has 0 bridgehead atoms. The highest BCUT2D eigenvalue weighted by molar-refractivity contribution is 5.93. The van der Waals surface area contributed by atoms with Crippen LogP contribution in [0.4, 0.5) is 0 Å². The number of aromatic nitrogens is 2. The Hall–Kier alpha value is -1.92. The number of fused-ring (bicyclic) bond motifs is 2. The summed E-state index contributed by atoms with van der Waals surface area (Å²) < 4.78 is 3.30. The van der Waals surface area contributed by atoms with Crippen LogP contribution in [-0.4, -0.2) is 35.2 Å². The van der Waals surface area contributed by atoms with Gasteiger partial charge in [0.2, 0.25) is 0 Å². The largest absolute Gasteiger partial charge is 1.00 e. The molecule has 0 aliphatic rings. The van der Waals surface area contributed by atoms with Gasteiger partial charge in [0.15, 0.2) is 0 Å². The summed E-state index contributed by atoms with van der Waals surface area (Å²) >= 11 is 0. The van der Waals surface area contributed by atoms with Crippen molar-refractivity contribution in [3.63, 3.8) is 0 Å². The van der Waals surface area contributed by atoms with Crippen LogP contribution in [0, 0.1) is 6.92 Å². The van der Waals surface area contributed by atoms with Gasteiger partial charge in [0.25, 0.3) is 0 Å². The Labute approximate surface area is 171 Å². The van der Waals surface area contributed by atoms with Gasteiger partial charge < -0.3 is 33.0 Å². The Morgan fingerprint density at radius 3 is 2.27 bits per heavy atom. The normalized spacial score (nSPS) is 11.7. The molecule has 0 atom stereocenters. The van der Waals surface area contributed by atoms with Crippen molar-refractivity contribution >= 4 is 21.8 Å². The first-order valence-electron chi connectivity index (χ1n) is 8.69. The Bertz CT molecular complexity index is 1070. The maximum Gasteiger partial charge on any atom is 0.106 e. The standard InChI is InChI=1S/C22H24N3.HI/c1-16-19(15-25(2,3)4)17-9-6-8-12-21(17)24(16)22-13-14-23-20-11-7-5-10-18(20)22;/h5-14H,15H2,1-4H3;1H/q+1;/p-1. The molecule has 0 spiro atoms. The molecular weight excluding hydrogens is 433 g/mol. The molecule has 2 heterocycles. The summed E-state index contributed by atoms with van der Waals surface area (Å²) in [4.78, 5) is 4.53. The van der Waals surface area contributed by atoms with Crippen LogP contribution in [0.15, 0.2) is 60.8 Å². The third kappa shape index (κ3) is 3.23. The van der Waals surface area contributed by atoms with E-state index in [-0.39, 0.29) is 24.0 Å². The molecule has 4 aromatic rings. The Kier molecular flexibility index (Phi) is 5.08. The average molecular weight is 457 g/mol. The van der Waals surface area contributed by atoms with E-state index in [1.165, 1.54) is 33.2 Å². The maximum atomic E-state index is 4.53. The minimum absolute atomic E-state index is 0. The van der Waals surface area contributed by atoms with E-state index in [4.69, 9.17) is 0 Å². The fourth-order valence-corrected chi connectivity index (χ4v) is 3.69. The van der Waals surface area contributed by atoms with Crippen LogP contribution in [0.3, 0.4) is 0 Å². The van der Waals surface area contributed by atoms with E-state index in [2.05, 4.69) is 86.1 Å². The van der Waals surface area contributed by atoms with Crippen LogP contribution in [0.5, 0.6) is 0 Å². The Morgan fingerprint density at radius 2 is 1.54 bits per heavy atom. The summed E-state index contributed by atoms with van der Waals surface area (Å²) in [6.07, 6.45) is 1.91. The number of pyridine rings is 1. The quantitative estimate of drug-likeness (QED) is 0.339. The zero-order valence-electron chi connectivity index (χ0n) is 15.7. The molecule has 0 radical (unpaired) electrons. The zero-order chi connectivity index (χ0) is 17.6. The van der Waals surface area contributed by atoms with Crippen molar-refractivity contribution in [2.45, 2.75) is 13.5 Å². The topological polar surface area (TPSA) is 17.8 Å². The fourth-order valence-electron chi connectivity index (χ4n) is 3.69. The number of rotatable bonds is 3. The monoisotopic (exact) mass is 457 g/mol. The summed E-state index contributed by atoms with van der Waals surface area (Å²) in [5, 5.41) is 2.53. The predicted molar refractivity (Wildman–Crippen MR) is 105 cm³/mol. The molecule has 0 aliphatic carbocycles. The van der Waals surface area contributed by atoms with Gasteiger partial charge in [-0.05, 0) is 25.1 Å². The summed E-state index contributed by atoms with van der Waals surface area (Å²) in [7, 11) is 6.73. The number of benzene rings is 2. The van der Waals surface area contributed by atoms with E-state index in [1.54, 1.807) is 0 Å². The number of hydrogen-bond donors (Lipinski definition) is 0. The first kappa shape index (κ1) is 18.9. The number of hydrogen-bond acceptors (Lipinski definition) is 1. The lowest BCUT2D eigenvalue weighted by atomic mass is 10.1. The van der Waals surface area contributed by atoms with Crippen LogP contribution in [0.25, 0.3) is 27.5 Å². The van der Waals surface area contributed by atoms with E-state index < -0.39 is 0 Å². The highest BCUT2D eigenvalue weighted by atomic mass is 127. The van der Waals surface area contributed by atoms with Gasteiger partial charge in [-0.2, -0.15) is 0 Å². The summed E-state index contributed by atoms with van der Waals surface area (Å²) in [6, 6.07) is 19.2. The lowest BCUT2D eigenvalue weighted by Gasteiger charge is -2.24. The maximum absolute atomic E-state index is 4.53. The molecule has 0 saturated heterocycles. The average Bonchev–Trinajstić information content (AvgIpc) is 2.85. The van der Waals surface area contributed by atoms with E-state index in [9.17, 15) is 0 Å². The minimum atomic E-state index is 0. The predicted octanol–water partition coefficient (Wildman–Crippen LogP) is 1.70. The zero-order valence-corrected chi connectivity index (χ0v) is 17.9. The van der Waals surface area contributed by atoms with Gasteiger partial charge in [-0.25, -0.2) is 0 Å². The van der Waals surface area contributed by atoms with Crippen LogP contribution in [-0.2, 0) is 6.54 Å². The summed E-state index contributed by atoms with van der Waals surface area (Å²) in [6.45, 7) is 3.24. The van der Waals surface area contributed by atoms with Crippen LogP contribution >= 0.6 is 0 Å². The van der Waals surface area contributed by atoms with E-state index in [0.717, 1.165) is 16.5 Å². The smallest absolute Gasteiger partial charge is 0.106 e. The van der Waals surface area contributed by atoms with Gasteiger partial charge in [-0.15, -0.1) is 0 Å². The van der Waals surface area contributed by atoms with E-state index in [1.807, 2.05) is 12.3 Å². The van der Waals surface area contributed by atoms with Gasteiger partial charge in [0, 0.05) is 28.2 Å². The molecule has 0 fully saturated rings. The number of para-hydroxylation sites is 2. The van der Waals surface area contributed by atoms with Crippen molar-refractivity contribution < 1.29 is 28.5 Å². The van der Waals surface area contributed by atoms with Crippen molar-refractivity contribution in [2.75, 3.05) is 21.1 Å². The molecule has 0 N–H and O–H groups in total. The van der Waals surface area contributed by atoms with Crippen molar-refractivity contribution in [1.82, 2.24) is 9.55 Å². The van der Waals surface area contributed by atoms with Crippen LogP contribution in [0.1, 0.15) is 11.3 Å². The first-order valence-corrected chi connectivity index (χ1v) is 8.69. The number of quaternary nitrogens is 1. The lowest BCUT2D eigenvalue weighted by Crippen LogP contribution is -3.00. The van der Waals surface area contributed by atoms with Crippen molar-refractivity contribution in [2.24, 2.45) is 0 Å². The second kappa shape index (κ2) is 7.00. The van der Waals surface area contributed by atoms with Crippen LogP contribution in [0.2, 0.25) is 0 Å². The summed E-state index contributed by atoms with van der Waals surface area (Å²) in [5.74, 6) is 0. The molecular formula is C22H24IN3.